The lowest BCUT2D eigenvalue weighted by molar-refractivity contribution is -0.118. The first-order chi connectivity index (χ1) is 21.8. The van der Waals surface area contributed by atoms with Crippen molar-refractivity contribution in [2.75, 3.05) is 16.8 Å². The van der Waals surface area contributed by atoms with Crippen LogP contribution in [0.2, 0.25) is 0 Å². The fraction of sp³-hybridized carbons (Fsp3) is 0.143. The number of rotatable bonds is 9. The number of benzene rings is 3. The monoisotopic (exact) mass is 617 g/mol. The summed E-state index contributed by atoms with van der Waals surface area (Å²) >= 11 is 5.91. The number of anilines is 2. The maximum Gasteiger partial charge on any atom is 0.337 e. The normalized spacial score (nSPS) is 15.9. The van der Waals surface area contributed by atoms with E-state index in [9.17, 15) is 14.7 Å². The van der Waals surface area contributed by atoms with E-state index in [4.69, 9.17) is 17.0 Å². The number of para-hydroxylation sites is 2. The molecule has 0 bridgehead atoms. The average molecular weight is 618 g/mol. The summed E-state index contributed by atoms with van der Waals surface area (Å²) < 4.78 is 7.54. The van der Waals surface area contributed by atoms with E-state index in [-0.39, 0.29) is 30.2 Å². The van der Waals surface area contributed by atoms with Crippen LogP contribution >= 0.6 is 12.2 Å². The fourth-order valence-electron chi connectivity index (χ4n) is 5.82. The van der Waals surface area contributed by atoms with Gasteiger partial charge in [-0.25, -0.2) is 4.79 Å². The minimum atomic E-state index is -0.991. The van der Waals surface area contributed by atoms with Gasteiger partial charge in [0.15, 0.2) is 11.7 Å². The first kappa shape index (κ1) is 29.6. The molecule has 2 aromatic heterocycles. The Morgan fingerprint density at radius 3 is 2.38 bits per heavy atom. The number of aryl methyl sites for hydroxylation is 1. The summed E-state index contributed by atoms with van der Waals surface area (Å²) in [5, 5.41) is 16.8. The SMILES string of the molecule is Cc1cc([C@@H]2[C@H](c3ccccn3)NC(=S)N2c2ccc(NC(=O)COc3ccccc3)cc2)c(C)n1-c1ccccc1C(=O)O. The van der Waals surface area contributed by atoms with Gasteiger partial charge >= 0.3 is 5.97 Å². The Balaban J connectivity index is 1.33. The molecule has 9 nitrogen and oxygen atoms in total. The molecule has 1 saturated heterocycles. The molecule has 3 N–H and O–H groups in total. The molecule has 0 spiro atoms. The Labute approximate surface area is 266 Å². The molecule has 3 aromatic carbocycles. The van der Waals surface area contributed by atoms with Crippen molar-refractivity contribution < 1.29 is 19.4 Å². The van der Waals surface area contributed by atoms with Gasteiger partial charge in [-0.05, 0) is 98.4 Å². The van der Waals surface area contributed by atoms with Gasteiger partial charge in [-0.15, -0.1) is 0 Å². The zero-order valence-corrected chi connectivity index (χ0v) is 25.5. The van der Waals surface area contributed by atoms with Crippen molar-refractivity contribution in [2.45, 2.75) is 25.9 Å². The lowest BCUT2D eigenvalue weighted by Gasteiger charge is -2.28. The van der Waals surface area contributed by atoms with E-state index in [1.54, 1.807) is 30.5 Å². The van der Waals surface area contributed by atoms with Crippen LogP contribution in [-0.4, -0.2) is 38.3 Å². The first-order valence-electron chi connectivity index (χ1n) is 14.4. The number of carboxylic acids is 1. The smallest absolute Gasteiger partial charge is 0.337 e. The number of hydrogen-bond acceptors (Lipinski definition) is 5. The number of aromatic nitrogens is 2. The fourth-order valence-corrected chi connectivity index (χ4v) is 6.17. The number of carbonyl (C=O) groups excluding carboxylic acids is 1. The van der Waals surface area contributed by atoms with E-state index in [2.05, 4.69) is 21.7 Å². The van der Waals surface area contributed by atoms with Gasteiger partial charge in [0.2, 0.25) is 0 Å². The van der Waals surface area contributed by atoms with Gasteiger partial charge in [-0.2, -0.15) is 0 Å². The highest BCUT2D eigenvalue weighted by molar-refractivity contribution is 7.80. The number of nitrogens with one attached hydrogen (secondary N) is 2. The summed E-state index contributed by atoms with van der Waals surface area (Å²) in [6.07, 6.45) is 1.76. The summed E-state index contributed by atoms with van der Waals surface area (Å²) in [6.45, 7) is 3.85. The van der Waals surface area contributed by atoms with E-state index in [1.807, 2.05) is 96.1 Å². The number of thiocarbonyl (C=S) groups is 1. The number of aromatic carboxylic acids is 1. The van der Waals surface area contributed by atoms with Gasteiger partial charge in [0, 0.05) is 29.0 Å². The van der Waals surface area contributed by atoms with E-state index < -0.39 is 5.97 Å². The Morgan fingerprint density at radius 1 is 0.956 bits per heavy atom. The van der Waals surface area contributed by atoms with Crippen molar-refractivity contribution >= 4 is 40.6 Å². The van der Waals surface area contributed by atoms with E-state index in [0.717, 1.165) is 28.3 Å². The molecule has 0 saturated carbocycles. The van der Waals surface area contributed by atoms with Crippen LogP contribution in [0, 0.1) is 13.8 Å². The van der Waals surface area contributed by atoms with Crippen molar-refractivity contribution in [1.29, 1.82) is 0 Å². The second-order valence-corrected chi connectivity index (χ2v) is 11.1. The predicted octanol–water partition coefficient (Wildman–Crippen LogP) is 6.38. The molecule has 1 aliphatic heterocycles. The molecule has 1 aliphatic rings. The van der Waals surface area contributed by atoms with Crippen LogP contribution in [0.15, 0.2) is 109 Å². The molecule has 5 aromatic rings. The summed E-state index contributed by atoms with van der Waals surface area (Å²) in [5.41, 5.74) is 5.85. The van der Waals surface area contributed by atoms with Gasteiger partial charge in [0.05, 0.1) is 29.0 Å². The van der Waals surface area contributed by atoms with E-state index in [1.165, 1.54) is 0 Å². The predicted molar refractivity (Wildman–Crippen MR) is 177 cm³/mol. The quantitative estimate of drug-likeness (QED) is 0.164. The number of carbonyl (C=O) groups is 2. The van der Waals surface area contributed by atoms with E-state index in [0.29, 0.717) is 22.2 Å². The van der Waals surface area contributed by atoms with Crippen LogP contribution in [0.1, 0.15) is 45.1 Å². The zero-order valence-electron chi connectivity index (χ0n) is 24.7. The molecule has 0 aliphatic carbocycles. The van der Waals surface area contributed by atoms with Gasteiger partial charge < -0.3 is 29.9 Å². The number of amides is 1. The van der Waals surface area contributed by atoms with Crippen LogP contribution in [-0.2, 0) is 4.79 Å². The highest BCUT2D eigenvalue weighted by atomic mass is 32.1. The third-order valence-electron chi connectivity index (χ3n) is 7.80. The van der Waals surface area contributed by atoms with Crippen molar-refractivity contribution in [3.05, 3.63) is 138 Å². The molecule has 0 unspecified atom stereocenters. The number of hydrogen-bond donors (Lipinski definition) is 3. The third-order valence-corrected chi connectivity index (χ3v) is 8.12. The maximum absolute atomic E-state index is 12.5. The molecular formula is C35H31N5O4S. The highest BCUT2D eigenvalue weighted by Gasteiger charge is 2.42. The molecule has 226 valence electrons. The second kappa shape index (κ2) is 12.6. The van der Waals surface area contributed by atoms with Gasteiger partial charge in [-0.1, -0.05) is 36.4 Å². The Morgan fingerprint density at radius 2 is 1.67 bits per heavy atom. The molecular weight excluding hydrogens is 586 g/mol. The third kappa shape index (κ3) is 6.00. The number of ether oxygens (including phenoxy) is 1. The Kier molecular flexibility index (Phi) is 8.30. The van der Waals surface area contributed by atoms with Crippen molar-refractivity contribution in [1.82, 2.24) is 14.9 Å². The maximum atomic E-state index is 12.5. The average Bonchev–Trinajstić information content (AvgIpc) is 3.55. The van der Waals surface area contributed by atoms with Crippen molar-refractivity contribution in [3.63, 3.8) is 0 Å². The summed E-state index contributed by atoms with van der Waals surface area (Å²) in [5.74, 6) is -0.639. The largest absolute Gasteiger partial charge is 0.484 e. The lowest BCUT2D eigenvalue weighted by atomic mass is 9.96. The zero-order chi connectivity index (χ0) is 31.5. The number of pyridine rings is 1. The molecule has 1 amide bonds. The number of carboxylic acid groups (broad SMARTS) is 1. The summed E-state index contributed by atoms with van der Waals surface area (Å²) in [6, 6.07) is 30.9. The minimum absolute atomic E-state index is 0.111. The Hall–Kier alpha value is -5.48. The molecule has 3 heterocycles. The number of nitrogens with zero attached hydrogens (tertiary/aromatic N) is 3. The molecule has 45 heavy (non-hydrogen) atoms. The second-order valence-electron chi connectivity index (χ2n) is 10.7. The Bertz CT molecular complexity index is 1860. The van der Waals surface area contributed by atoms with Crippen molar-refractivity contribution in [2.24, 2.45) is 0 Å². The van der Waals surface area contributed by atoms with Crippen LogP contribution in [0.4, 0.5) is 11.4 Å². The minimum Gasteiger partial charge on any atom is -0.484 e. The first-order valence-corrected chi connectivity index (χ1v) is 14.8. The van der Waals surface area contributed by atoms with E-state index >= 15 is 0 Å². The molecule has 6 rings (SSSR count). The van der Waals surface area contributed by atoms with Gasteiger partial charge in [0.1, 0.15) is 5.75 Å². The summed E-state index contributed by atoms with van der Waals surface area (Å²) in [4.78, 5) is 31.3. The topological polar surface area (TPSA) is 109 Å². The van der Waals surface area contributed by atoms with Gasteiger partial charge in [-0.3, -0.25) is 9.78 Å². The van der Waals surface area contributed by atoms with Crippen LogP contribution in [0.5, 0.6) is 5.75 Å². The van der Waals surface area contributed by atoms with Crippen LogP contribution in [0.25, 0.3) is 5.69 Å². The van der Waals surface area contributed by atoms with Gasteiger partial charge in [0.25, 0.3) is 5.91 Å². The lowest BCUT2D eigenvalue weighted by Crippen LogP contribution is -2.29. The molecule has 10 heteroatoms. The highest BCUT2D eigenvalue weighted by Crippen LogP contribution is 2.44. The standard InChI is InChI=1S/C35H31N5O4S/c1-22-20-28(23(2)39(22)30-14-7-6-12-27(30)34(42)43)33-32(29-13-8-9-19-36-29)38-35(45)40(33)25-17-15-24(16-18-25)37-31(41)21-44-26-10-4-3-5-11-26/h3-20,32-33H,21H2,1-2H3,(H,37,41)(H,38,45)(H,42,43)/t32-,33+/m0/s1. The molecule has 0 radical (unpaired) electrons. The molecule has 1 fully saturated rings. The van der Waals surface area contributed by atoms with Crippen LogP contribution < -0.4 is 20.3 Å². The van der Waals surface area contributed by atoms with Crippen LogP contribution in [0.3, 0.4) is 0 Å². The van der Waals surface area contributed by atoms with Crippen molar-refractivity contribution in [3.8, 4) is 11.4 Å². The summed E-state index contributed by atoms with van der Waals surface area (Å²) in [7, 11) is 0. The molecule has 2 atom stereocenters.